The molecule has 8 heteroatoms. The summed E-state index contributed by atoms with van der Waals surface area (Å²) in [6.45, 7) is 2.05. The van der Waals surface area contributed by atoms with Crippen molar-refractivity contribution < 1.29 is 16.8 Å². The minimum Gasteiger partial charge on any atom is -0.223 e. The molecule has 9 atom stereocenters. The molecule has 4 aliphatic carbocycles. The van der Waals surface area contributed by atoms with Gasteiger partial charge in [-0.1, -0.05) is 48.6 Å². The Balaban J connectivity index is 1.49. The third kappa shape index (κ3) is 2.11. The van der Waals surface area contributed by atoms with Gasteiger partial charge in [-0.15, -0.1) is 0 Å². The zero-order valence-electron chi connectivity index (χ0n) is 18.7. The first kappa shape index (κ1) is 21.0. The lowest BCUT2D eigenvalue weighted by Gasteiger charge is -2.53. The monoisotopic (exact) mass is 494 g/mol. The van der Waals surface area contributed by atoms with Gasteiger partial charge < -0.3 is 0 Å². The largest absolute Gasteiger partial charge is 0.223 e. The van der Waals surface area contributed by atoms with Gasteiger partial charge in [0.1, 0.15) is 5.54 Å². The van der Waals surface area contributed by atoms with E-state index >= 15 is 0 Å². The molecule has 4 bridgehead atoms. The molecular formula is C26H26N2O4S2. The molecule has 0 N–H and O–H groups in total. The molecule has 2 aromatic rings. The van der Waals surface area contributed by atoms with Crippen LogP contribution in [0.4, 0.5) is 0 Å². The maximum atomic E-state index is 14.3. The zero-order valence-corrected chi connectivity index (χ0v) is 20.4. The van der Waals surface area contributed by atoms with E-state index in [4.69, 9.17) is 5.11 Å². The summed E-state index contributed by atoms with van der Waals surface area (Å²) in [7, 11) is -7.86. The van der Waals surface area contributed by atoms with Crippen LogP contribution in [-0.4, -0.2) is 38.9 Å². The molecule has 176 valence electrons. The number of benzene rings is 2. The van der Waals surface area contributed by atoms with E-state index in [1.807, 2.05) is 6.92 Å². The molecule has 0 spiro atoms. The SMILES string of the molecule is C[C@@H]1N=N[C@]23[C@H]4C=C[C@@H](C4)[C@]12[C@H]1C[C@H]3[C@@H](S(=O)(=O)c2ccccc2)[C@H]1S(=O)(=O)c1ccccc1. The molecule has 5 aliphatic rings. The molecule has 0 unspecified atom stereocenters. The summed E-state index contributed by atoms with van der Waals surface area (Å²) >= 11 is 0. The standard InChI is InChI=1S/C26H26N2O4S2/c1-16-25-17-12-13-18(14-17)26(25,28-27-16)22-15-21(25)23(33(29,30)19-8-4-2-5-9-19)24(22)34(31,32)20-10-6-3-7-11-20/h2-13,16-18,21-24H,14-15H2,1H3/t16-,17-,18-,21-,22-,23-,24+,25-,26-/m0/s1. The van der Waals surface area contributed by atoms with E-state index < -0.39 is 41.1 Å². The highest BCUT2D eigenvalue weighted by Crippen LogP contribution is 2.80. The highest BCUT2D eigenvalue weighted by atomic mass is 32.2. The van der Waals surface area contributed by atoms with Crippen molar-refractivity contribution in [2.24, 2.45) is 39.3 Å². The Morgan fingerprint density at radius 1 is 0.735 bits per heavy atom. The molecule has 7 rings (SSSR count). The highest BCUT2D eigenvalue weighted by molar-refractivity contribution is 7.96. The fraction of sp³-hybridized carbons (Fsp3) is 0.462. The predicted octanol–water partition coefficient (Wildman–Crippen LogP) is 4.11. The van der Waals surface area contributed by atoms with E-state index in [2.05, 4.69) is 17.3 Å². The van der Waals surface area contributed by atoms with Crippen LogP contribution >= 0.6 is 0 Å². The van der Waals surface area contributed by atoms with E-state index in [0.29, 0.717) is 6.42 Å². The maximum absolute atomic E-state index is 14.3. The Labute approximate surface area is 200 Å². The van der Waals surface area contributed by atoms with Gasteiger partial charge in [-0.3, -0.25) is 0 Å². The van der Waals surface area contributed by atoms with Crippen molar-refractivity contribution in [3.8, 4) is 0 Å². The number of hydrogen-bond donors (Lipinski definition) is 0. The second-order valence-electron chi connectivity index (χ2n) is 10.6. The van der Waals surface area contributed by atoms with Crippen LogP contribution in [0, 0.1) is 29.1 Å². The van der Waals surface area contributed by atoms with E-state index in [-0.39, 0.29) is 39.5 Å². The summed E-state index contributed by atoms with van der Waals surface area (Å²) in [4.78, 5) is 0.380. The summed E-state index contributed by atoms with van der Waals surface area (Å²) in [6, 6.07) is 16.6. The number of allylic oxidation sites excluding steroid dienone is 1. The van der Waals surface area contributed by atoms with Crippen LogP contribution < -0.4 is 0 Å². The van der Waals surface area contributed by atoms with Gasteiger partial charge in [0.05, 0.1) is 26.3 Å². The quantitative estimate of drug-likeness (QED) is 0.598. The highest BCUT2D eigenvalue weighted by Gasteiger charge is 2.86. The van der Waals surface area contributed by atoms with Gasteiger partial charge >= 0.3 is 0 Å². The average molecular weight is 495 g/mol. The van der Waals surface area contributed by atoms with Gasteiger partial charge in [0.2, 0.25) is 0 Å². The number of rotatable bonds is 4. The minimum atomic E-state index is -3.93. The smallest absolute Gasteiger partial charge is 0.182 e. The number of azo groups is 1. The number of nitrogens with zero attached hydrogens (tertiary/aromatic N) is 2. The van der Waals surface area contributed by atoms with Crippen molar-refractivity contribution in [2.75, 3.05) is 0 Å². The Morgan fingerprint density at radius 2 is 1.26 bits per heavy atom. The predicted molar refractivity (Wildman–Crippen MR) is 127 cm³/mol. The summed E-state index contributed by atoms with van der Waals surface area (Å²) in [5.41, 5.74) is -1.04. The van der Waals surface area contributed by atoms with Gasteiger partial charge in [-0.25, -0.2) is 16.8 Å². The van der Waals surface area contributed by atoms with Crippen LogP contribution in [0.15, 0.2) is 92.8 Å². The second kappa shape index (κ2) is 6.46. The van der Waals surface area contributed by atoms with Crippen LogP contribution in [0.25, 0.3) is 0 Å². The first-order valence-electron chi connectivity index (χ1n) is 12.0. The molecule has 0 aromatic heterocycles. The number of sulfone groups is 2. The summed E-state index contributed by atoms with van der Waals surface area (Å²) < 4.78 is 56.9. The van der Waals surface area contributed by atoms with E-state index in [0.717, 1.165) is 6.42 Å². The van der Waals surface area contributed by atoms with Crippen molar-refractivity contribution >= 4 is 19.7 Å². The Hall–Kier alpha value is -2.32. The lowest BCUT2D eigenvalue weighted by Crippen LogP contribution is -2.65. The molecular weight excluding hydrogens is 468 g/mol. The molecule has 1 heterocycles. The van der Waals surface area contributed by atoms with Crippen LogP contribution in [-0.2, 0) is 19.7 Å². The Bertz CT molecular complexity index is 1450. The molecule has 6 nitrogen and oxygen atoms in total. The van der Waals surface area contributed by atoms with E-state index in [9.17, 15) is 16.8 Å². The molecule has 2 aromatic carbocycles. The van der Waals surface area contributed by atoms with Gasteiger partial charge in [0, 0.05) is 17.3 Å². The fourth-order valence-electron chi connectivity index (χ4n) is 8.85. The lowest BCUT2D eigenvalue weighted by atomic mass is 9.54. The molecule has 1 aliphatic heterocycles. The minimum absolute atomic E-state index is 0.120. The lowest BCUT2D eigenvalue weighted by molar-refractivity contribution is 0.0480. The summed E-state index contributed by atoms with van der Waals surface area (Å²) in [5.74, 6) is -0.377. The summed E-state index contributed by atoms with van der Waals surface area (Å²) in [6.07, 6.45) is 5.88. The molecule has 3 saturated carbocycles. The Morgan fingerprint density at radius 3 is 1.85 bits per heavy atom. The first-order valence-corrected chi connectivity index (χ1v) is 15.0. The molecule has 0 radical (unpaired) electrons. The number of fused-ring (bicyclic) bond motifs is 4. The van der Waals surface area contributed by atoms with E-state index in [1.54, 1.807) is 60.7 Å². The second-order valence-corrected chi connectivity index (χ2v) is 14.8. The third-order valence-electron chi connectivity index (χ3n) is 9.71. The van der Waals surface area contributed by atoms with Crippen LogP contribution in [0.2, 0.25) is 0 Å². The van der Waals surface area contributed by atoms with Gasteiger partial charge in [-0.05, 0) is 55.9 Å². The average Bonchev–Trinajstić information content (AvgIpc) is 3.64. The fourth-order valence-corrected chi connectivity index (χ4v) is 14.0. The molecule has 0 saturated heterocycles. The third-order valence-corrected chi connectivity index (χ3v) is 14.4. The normalized spacial score (nSPS) is 43.4. The van der Waals surface area contributed by atoms with Gasteiger partial charge in [0.25, 0.3) is 0 Å². The molecule has 0 amide bonds. The van der Waals surface area contributed by atoms with Crippen molar-refractivity contribution in [3.63, 3.8) is 0 Å². The van der Waals surface area contributed by atoms with Gasteiger partial charge in [-0.2, -0.15) is 10.2 Å². The van der Waals surface area contributed by atoms with Crippen LogP contribution in [0.5, 0.6) is 0 Å². The maximum Gasteiger partial charge on any atom is 0.182 e. The molecule has 34 heavy (non-hydrogen) atoms. The van der Waals surface area contributed by atoms with Crippen molar-refractivity contribution in [1.29, 1.82) is 0 Å². The number of hydrogen-bond acceptors (Lipinski definition) is 6. The topological polar surface area (TPSA) is 93.0 Å². The zero-order chi connectivity index (χ0) is 23.5. The first-order chi connectivity index (χ1) is 16.3. The van der Waals surface area contributed by atoms with Crippen molar-refractivity contribution in [3.05, 3.63) is 72.8 Å². The van der Waals surface area contributed by atoms with Crippen LogP contribution in [0.3, 0.4) is 0 Å². The molecule has 3 fully saturated rings. The van der Waals surface area contributed by atoms with Crippen molar-refractivity contribution in [2.45, 2.75) is 51.6 Å². The van der Waals surface area contributed by atoms with E-state index in [1.165, 1.54) is 0 Å². The Kier molecular flexibility index (Phi) is 3.99. The summed E-state index contributed by atoms with van der Waals surface area (Å²) in [5, 5.41) is 7.47. The van der Waals surface area contributed by atoms with Gasteiger partial charge in [0.15, 0.2) is 19.7 Å². The van der Waals surface area contributed by atoms with Crippen LogP contribution in [0.1, 0.15) is 19.8 Å². The van der Waals surface area contributed by atoms with Crippen molar-refractivity contribution in [1.82, 2.24) is 0 Å².